The summed E-state index contributed by atoms with van der Waals surface area (Å²) in [5, 5.41) is 12.8. The minimum Gasteiger partial charge on any atom is -0.505 e. The first-order chi connectivity index (χ1) is 22.7. The summed E-state index contributed by atoms with van der Waals surface area (Å²) in [7, 11) is 0. The van der Waals surface area contributed by atoms with E-state index in [1.165, 1.54) is 38.9 Å². The van der Waals surface area contributed by atoms with E-state index < -0.39 is 0 Å². The van der Waals surface area contributed by atoms with Crippen molar-refractivity contribution >= 4 is 28.1 Å². The van der Waals surface area contributed by atoms with Crippen molar-refractivity contribution in [1.29, 1.82) is 0 Å². The number of rotatable bonds is 3. The van der Waals surface area contributed by atoms with Crippen LogP contribution in [0, 0.1) is 20.8 Å². The van der Waals surface area contributed by atoms with Gasteiger partial charge in [-0.3, -0.25) is 4.90 Å². The summed E-state index contributed by atoms with van der Waals surface area (Å²) in [5.74, 6) is 1.16. The largest absolute Gasteiger partial charge is 0.505 e. The second-order valence-electron chi connectivity index (χ2n) is 15.6. The van der Waals surface area contributed by atoms with Crippen molar-refractivity contribution in [2.24, 2.45) is 0 Å². The van der Waals surface area contributed by atoms with Crippen LogP contribution in [-0.4, -0.2) is 15.1 Å². The molecule has 0 radical (unpaired) electrons. The van der Waals surface area contributed by atoms with Gasteiger partial charge in [-0.05, 0) is 113 Å². The van der Waals surface area contributed by atoms with Gasteiger partial charge < -0.3 is 5.11 Å². The SMILES string of the molecule is Cc1cc(C)c(-c2cc(C(C)(C)C)c(O)c3nc(-c4ccc5c(c4)N(c4cc(C(C)(C)C)ccn4)c4ccccc4C5)ccc23)c(C)c1. The lowest BCUT2D eigenvalue weighted by Crippen LogP contribution is -2.20. The highest BCUT2D eigenvalue weighted by Gasteiger charge is 2.28. The van der Waals surface area contributed by atoms with E-state index in [1.807, 2.05) is 6.20 Å². The van der Waals surface area contributed by atoms with Crippen LogP contribution in [0.1, 0.15) is 80.5 Å². The first kappa shape index (κ1) is 31.6. The number of pyridine rings is 2. The Balaban J connectivity index is 1.43. The van der Waals surface area contributed by atoms with Crippen molar-refractivity contribution in [3.05, 3.63) is 130 Å². The van der Waals surface area contributed by atoms with Crippen molar-refractivity contribution in [2.75, 3.05) is 4.90 Å². The summed E-state index contributed by atoms with van der Waals surface area (Å²) < 4.78 is 0. The molecule has 4 aromatic carbocycles. The minimum absolute atomic E-state index is 0.00485. The predicted molar refractivity (Wildman–Crippen MR) is 201 cm³/mol. The molecule has 2 aromatic heterocycles. The fraction of sp³-hybridized carbons (Fsp3) is 0.273. The lowest BCUT2D eigenvalue weighted by Gasteiger charge is -2.33. The number of nitrogens with zero attached hydrogens (tertiary/aromatic N) is 3. The molecule has 0 aliphatic carbocycles. The number of hydrogen-bond donors (Lipinski definition) is 1. The molecule has 0 bridgehead atoms. The van der Waals surface area contributed by atoms with Crippen molar-refractivity contribution in [2.45, 2.75) is 79.6 Å². The first-order valence-corrected chi connectivity index (χ1v) is 16.9. The van der Waals surface area contributed by atoms with E-state index in [0.29, 0.717) is 5.52 Å². The van der Waals surface area contributed by atoms with Crippen LogP contribution in [-0.2, 0) is 17.3 Å². The summed E-state index contributed by atoms with van der Waals surface area (Å²) in [4.78, 5) is 12.4. The summed E-state index contributed by atoms with van der Waals surface area (Å²) in [6.07, 6.45) is 2.77. The van der Waals surface area contributed by atoms with Crippen LogP contribution in [0.4, 0.5) is 17.2 Å². The van der Waals surface area contributed by atoms with Crippen molar-refractivity contribution in [3.8, 4) is 28.1 Å². The zero-order valence-corrected chi connectivity index (χ0v) is 29.7. The van der Waals surface area contributed by atoms with Crippen LogP contribution in [0.15, 0.2) is 91.1 Å². The Bertz CT molecular complexity index is 2210. The molecule has 48 heavy (non-hydrogen) atoms. The maximum absolute atomic E-state index is 11.8. The van der Waals surface area contributed by atoms with Gasteiger partial charge in [0.05, 0.1) is 17.1 Å². The third-order valence-corrected chi connectivity index (χ3v) is 9.78. The Kier molecular flexibility index (Phi) is 7.47. The average Bonchev–Trinajstić information content (AvgIpc) is 3.03. The van der Waals surface area contributed by atoms with Crippen molar-refractivity contribution in [3.63, 3.8) is 0 Å². The molecule has 1 aliphatic heterocycles. The lowest BCUT2D eigenvalue weighted by molar-refractivity contribution is 0.452. The van der Waals surface area contributed by atoms with Gasteiger partial charge >= 0.3 is 0 Å². The zero-order valence-electron chi connectivity index (χ0n) is 29.7. The fourth-order valence-corrected chi connectivity index (χ4v) is 7.37. The van der Waals surface area contributed by atoms with Crippen LogP contribution >= 0.6 is 0 Å². The predicted octanol–water partition coefficient (Wildman–Crippen LogP) is 11.6. The first-order valence-electron chi connectivity index (χ1n) is 16.9. The third kappa shape index (κ3) is 5.43. The molecule has 0 fully saturated rings. The third-order valence-electron chi connectivity index (χ3n) is 9.78. The molecular formula is C44H45N3O. The minimum atomic E-state index is -0.272. The highest BCUT2D eigenvalue weighted by molar-refractivity contribution is 6.01. The number of phenolic OH excluding ortho intramolecular Hbond substituents is 1. The fourth-order valence-electron chi connectivity index (χ4n) is 7.37. The average molecular weight is 632 g/mol. The summed E-state index contributed by atoms with van der Waals surface area (Å²) in [6, 6.07) is 30.5. The molecule has 0 amide bonds. The number of anilines is 3. The molecule has 4 heteroatoms. The van der Waals surface area contributed by atoms with E-state index >= 15 is 0 Å². The van der Waals surface area contributed by atoms with Crippen LogP contribution < -0.4 is 4.90 Å². The van der Waals surface area contributed by atoms with Gasteiger partial charge in [-0.2, -0.15) is 0 Å². The Morgan fingerprint density at radius 1 is 0.708 bits per heavy atom. The molecule has 242 valence electrons. The van der Waals surface area contributed by atoms with E-state index in [9.17, 15) is 5.11 Å². The van der Waals surface area contributed by atoms with Gasteiger partial charge in [0.15, 0.2) is 0 Å². The molecule has 6 aromatic rings. The van der Waals surface area contributed by atoms with E-state index in [1.54, 1.807) is 0 Å². The normalized spacial score (nSPS) is 13.1. The van der Waals surface area contributed by atoms with Crippen molar-refractivity contribution < 1.29 is 5.11 Å². The number of aryl methyl sites for hydroxylation is 3. The molecule has 0 saturated heterocycles. The van der Waals surface area contributed by atoms with Crippen LogP contribution in [0.3, 0.4) is 0 Å². The molecule has 0 saturated carbocycles. The van der Waals surface area contributed by atoms with Gasteiger partial charge in [-0.1, -0.05) is 89.6 Å². The van der Waals surface area contributed by atoms with E-state index in [2.05, 4.69) is 152 Å². The molecule has 0 unspecified atom stereocenters. The van der Waals surface area contributed by atoms with E-state index in [4.69, 9.17) is 9.97 Å². The molecule has 4 nitrogen and oxygen atoms in total. The van der Waals surface area contributed by atoms with Gasteiger partial charge in [-0.25, -0.2) is 9.97 Å². The Morgan fingerprint density at radius 3 is 2.12 bits per heavy atom. The lowest BCUT2D eigenvalue weighted by atomic mass is 9.81. The number of aromatic hydroxyl groups is 1. The molecular weight excluding hydrogens is 587 g/mol. The quantitative estimate of drug-likeness (QED) is 0.211. The maximum atomic E-state index is 11.8. The summed E-state index contributed by atoms with van der Waals surface area (Å²) in [5.41, 5.74) is 15.1. The second kappa shape index (κ2) is 11.3. The number of hydrogen-bond acceptors (Lipinski definition) is 4. The highest BCUT2D eigenvalue weighted by atomic mass is 16.3. The molecule has 0 atom stereocenters. The van der Waals surface area contributed by atoms with Crippen LogP contribution in [0.2, 0.25) is 0 Å². The van der Waals surface area contributed by atoms with Gasteiger partial charge in [0, 0.05) is 29.1 Å². The van der Waals surface area contributed by atoms with Gasteiger partial charge in [0.1, 0.15) is 17.1 Å². The topological polar surface area (TPSA) is 49.3 Å². The number of phenols is 1. The summed E-state index contributed by atoms with van der Waals surface area (Å²) >= 11 is 0. The molecule has 0 spiro atoms. The Hall–Kier alpha value is -4.96. The van der Waals surface area contributed by atoms with Crippen LogP contribution in [0.5, 0.6) is 5.75 Å². The number of fused-ring (bicyclic) bond motifs is 3. The van der Waals surface area contributed by atoms with Gasteiger partial charge in [0.2, 0.25) is 0 Å². The number of para-hydroxylation sites is 1. The smallest absolute Gasteiger partial charge is 0.145 e. The highest BCUT2D eigenvalue weighted by Crippen LogP contribution is 2.47. The maximum Gasteiger partial charge on any atom is 0.145 e. The van der Waals surface area contributed by atoms with Crippen molar-refractivity contribution in [1.82, 2.24) is 9.97 Å². The van der Waals surface area contributed by atoms with E-state index in [0.717, 1.165) is 51.4 Å². The van der Waals surface area contributed by atoms with E-state index in [-0.39, 0.29) is 16.6 Å². The standard InChI is InChI=1S/C44H45N3O/c1-26-20-27(2)40(28(3)21-26)34-25-35(44(7,8)9)42(48)41-33(34)16-17-36(46-41)29-14-15-31-22-30-12-10-11-13-37(30)47(38(31)23-29)39-24-32(18-19-45-39)43(4,5)6/h10-21,23-25,48H,22H2,1-9H3. The zero-order chi connectivity index (χ0) is 34.1. The second-order valence-corrected chi connectivity index (χ2v) is 15.6. The summed E-state index contributed by atoms with van der Waals surface area (Å²) in [6.45, 7) is 19.6. The Morgan fingerprint density at radius 2 is 1.42 bits per heavy atom. The Labute approximate surface area is 285 Å². The van der Waals surface area contributed by atoms with Gasteiger partial charge in [-0.15, -0.1) is 0 Å². The van der Waals surface area contributed by atoms with Crippen LogP contribution in [0.25, 0.3) is 33.3 Å². The van der Waals surface area contributed by atoms with Gasteiger partial charge in [0.25, 0.3) is 0 Å². The number of benzene rings is 4. The molecule has 3 heterocycles. The molecule has 1 N–H and O–H groups in total. The number of aromatic nitrogens is 2. The molecule has 1 aliphatic rings. The molecule has 7 rings (SSSR count). The monoisotopic (exact) mass is 631 g/mol.